The molecule has 0 aliphatic rings. The van der Waals surface area contributed by atoms with Gasteiger partial charge < -0.3 is 11.1 Å². The molecule has 7 heteroatoms. The molecule has 19 heavy (non-hydrogen) atoms. The number of aryl methyl sites for hydroxylation is 1. The number of rotatable bonds is 4. The number of amides is 2. The fourth-order valence-electron chi connectivity index (χ4n) is 1.03. The minimum absolute atomic E-state index is 0.224. The van der Waals surface area contributed by atoms with Crippen molar-refractivity contribution in [3.63, 3.8) is 0 Å². The number of nitrogens with two attached hydrogens (primary N) is 2. The maximum atomic E-state index is 10.8. The predicted octanol–water partition coefficient (Wildman–Crippen LogP) is 0.769. The minimum Gasteiger partial charge on any atom is -0.403 e. The Morgan fingerprint density at radius 2 is 2.11 bits per heavy atom. The first-order chi connectivity index (χ1) is 9.08. The van der Waals surface area contributed by atoms with Crippen LogP contribution in [0.5, 0.6) is 0 Å². The van der Waals surface area contributed by atoms with E-state index in [2.05, 4.69) is 10.7 Å². The summed E-state index contributed by atoms with van der Waals surface area (Å²) in [5.41, 5.74) is 7.78. The molecule has 1 aromatic heterocycles. The van der Waals surface area contributed by atoms with Crippen molar-refractivity contribution in [3.8, 4) is 0 Å². The minimum atomic E-state index is -0.224. The topological polar surface area (TPSA) is 110 Å². The van der Waals surface area contributed by atoms with Gasteiger partial charge in [0.05, 0.1) is 10.6 Å². The summed E-state index contributed by atoms with van der Waals surface area (Å²) in [6.07, 6.45) is 5.40. The number of carbonyl (C=O) groups excluding carboxylic acids is 2. The Balaban J connectivity index is 0.000000344. The van der Waals surface area contributed by atoms with Gasteiger partial charge in [0.25, 0.3) is 5.91 Å². The number of allylic oxidation sites excluding steroid dienone is 2. The zero-order chi connectivity index (χ0) is 14.7. The first kappa shape index (κ1) is 16.9. The van der Waals surface area contributed by atoms with Crippen LogP contribution in [-0.4, -0.2) is 12.3 Å². The molecule has 0 unspecified atom stereocenters. The molecular formula is C12H18N4O2S. The van der Waals surface area contributed by atoms with Gasteiger partial charge in [0.2, 0.25) is 6.41 Å². The molecule has 1 heterocycles. The van der Waals surface area contributed by atoms with Crippen LogP contribution in [0.2, 0.25) is 0 Å². The van der Waals surface area contributed by atoms with E-state index >= 15 is 0 Å². The van der Waals surface area contributed by atoms with Crippen LogP contribution in [0.1, 0.15) is 21.5 Å². The maximum absolute atomic E-state index is 10.8. The molecule has 0 saturated heterocycles. The third-order valence-electron chi connectivity index (χ3n) is 1.85. The van der Waals surface area contributed by atoms with E-state index in [0.29, 0.717) is 17.0 Å². The van der Waals surface area contributed by atoms with E-state index in [1.54, 1.807) is 18.2 Å². The highest BCUT2D eigenvalue weighted by Gasteiger charge is 2.03. The van der Waals surface area contributed by atoms with E-state index in [1.165, 1.54) is 17.5 Å². The quantitative estimate of drug-likeness (QED) is 0.215. The van der Waals surface area contributed by atoms with Crippen LogP contribution in [0.4, 0.5) is 0 Å². The summed E-state index contributed by atoms with van der Waals surface area (Å²) in [5.74, 6) is 4.70. The lowest BCUT2D eigenvalue weighted by Crippen LogP contribution is -2.29. The van der Waals surface area contributed by atoms with E-state index < -0.39 is 0 Å². The smallest absolute Gasteiger partial charge is 0.275 e. The molecule has 1 aromatic rings. The Morgan fingerprint density at radius 1 is 1.42 bits per heavy atom. The Bertz CT molecular complexity index is 466. The van der Waals surface area contributed by atoms with Gasteiger partial charge in [-0.05, 0) is 32.1 Å². The lowest BCUT2D eigenvalue weighted by atomic mass is 10.4. The normalized spacial score (nSPS) is 10.6. The molecule has 0 radical (unpaired) electrons. The van der Waals surface area contributed by atoms with Crippen molar-refractivity contribution in [1.29, 1.82) is 0 Å². The highest BCUT2D eigenvalue weighted by Crippen LogP contribution is 2.13. The second-order valence-electron chi connectivity index (χ2n) is 3.27. The van der Waals surface area contributed by atoms with E-state index in [0.717, 1.165) is 4.88 Å². The van der Waals surface area contributed by atoms with Crippen LogP contribution in [0, 0.1) is 6.92 Å². The first-order valence-corrected chi connectivity index (χ1v) is 6.22. The second-order valence-corrected chi connectivity index (χ2v) is 4.56. The van der Waals surface area contributed by atoms with Gasteiger partial charge in [-0.15, -0.1) is 11.3 Å². The lowest BCUT2D eigenvalue weighted by Gasteiger charge is -1.93. The third-order valence-corrected chi connectivity index (χ3v) is 2.85. The summed E-state index contributed by atoms with van der Waals surface area (Å²) in [5, 5.41) is 2.40. The Hall–Kier alpha value is -2.12. The molecule has 6 nitrogen and oxygen atoms in total. The molecule has 0 atom stereocenters. The predicted molar refractivity (Wildman–Crippen MR) is 77.0 cm³/mol. The molecular weight excluding hydrogens is 264 g/mol. The number of nitrogens with one attached hydrogen (secondary N) is 2. The standard InChI is InChI=1S/C6H8N2OS.C6H10N2O/c1-4-2-3-5(10-4)6(9)8-7;1-2-3-6(4-7)8-5-9/h2-3H,7H2,1H3,(H,8,9);2-5H,7H2,1H3,(H,8,9)/b;3-2-,6-4+. The SMILES string of the molecule is C/C=C\C(=C/N)NC=O.Cc1ccc(C(=O)NN)s1. The zero-order valence-electron chi connectivity index (χ0n) is 10.8. The number of hydrazine groups is 1. The van der Waals surface area contributed by atoms with Gasteiger partial charge >= 0.3 is 0 Å². The van der Waals surface area contributed by atoms with Crippen LogP contribution in [-0.2, 0) is 4.79 Å². The number of nitrogen functional groups attached to an aromatic ring is 1. The van der Waals surface area contributed by atoms with Crippen molar-refractivity contribution < 1.29 is 9.59 Å². The van der Waals surface area contributed by atoms with Crippen LogP contribution in [0.15, 0.2) is 36.2 Å². The average Bonchev–Trinajstić information content (AvgIpc) is 2.85. The molecule has 0 spiro atoms. The first-order valence-electron chi connectivity index (χ1n) is 5.41. The van der Waals surface area contributed by atoms with Gasteiger partial charge in [-0.3, -0.25) is 15.0 Å². The Kier molecular flexibility index (Phi) is 8.76. The third kappa shape index (κ3) is 7.02. The fourth-order valence-corrected chi connectivity index (χ4v) is 1.80. The molecule has 0 fully saturated rings. The molecule has 0 saturated carbocycles. The summed E-state index contributed by atoms with van der Waals surface area (Å²) in [6, 6.07) is 3.64. The average molecular weight is 282 g/mol. The van der Waals surface area contributed by atoms with Gasteiger partial charge in [-0.2, -0.15) is 0 Å². The van der Waals surface area contributed by atoms with E-state index in [-0.39, 0.29) is 5.91 Å². The molecule has 1 rings (SSSR count). The van der Waals surface area contributed by atoms with Crippen LogP contribution < -0.4 is 22.3 Å². The number of carbonyl (C=O) groups is 2. The molecule has 0 bridgehead atoms. The summed E-state index contributed by atoms with van der Waals surface area (Å²) < 4.78 is 0. The van der Waals surface area contributed by atoms with Crippen molar-refractivity contribution in [1.82, 2.24) is 10.7 Å². The maximum Gasteiger partial charge on any atom is 0.275 e. The number of hydrogen-bond donors (Lipinski definition) is 4. The molecule has 104 valence electrons. The van der Waals surface area contributed by atoms with Crippen molar-refractivity contribution >= 4 is 23.7 Å². The second kappa shape index (κ2) is 9.86. The monoisotopic (exact) mass is 282 g/mol. The highest BCUT2D eigenvalue weighted by atomic mass is 32.1. The summed E-state index contributed by atoms with van der Waals surface area (Å²) >= 11 is 1.43. The van der Waals surface area contributed by atoms with Crippen LogP contribution in [0.3, 0.4) is 0 Å². The van der Waals surface area contributed by atoms with Gasteiger partial charge in [0.1, 0.15) is 0 Å². The molecule has 0 aliphatic carbocycles. The van der Waals surface area contributed by atoms with E-state index in [4.69, 9.17) is 11.6 Å². The highest BCUT2D eigenvalue weighted by molar-refractivity contribution is 7.13. The number of thiophene rings is 1. The van der Waals surface area contributed by atoms with E-state index in [1.807, 2.05) is 19.9 Å². The van der Waals surface area contributed by atoms with Gasteiger partial charge in [0.15, 0.2) is 0 Å². The van der Waals surface area contributed by atoms with Crippen molar-refractivity contribution in [2.75, 3.05) is 0 Å². The van der Waals surface area contributed by atoms with Crippen molar-refractivity contribution in [3.05, 3.63) is 45.9 Å². The van der Waals surface area contributed by atoms with Crippen molar-refractivity contribution in [2.45, 2.75) is 13.8 Å². The summed E-state index contributed by atoms with van der Waals surface area (Å²) in [6.45, 7) is 3.79. The van der Waals surface area contributed by atoms with Crippen LogP contribution >= 0.6 is 11.3 Å². The van der Waals surface area contributed by atoms with Gasteiger partial charge in [-0.25, -0.2) is 5.84 Å². The molecule has 0 aliphatic heterocycles. The number of hydrogen-bond acceptors (Lipinski definition) is 5. The van der Waals surface area contributed by atoms with Crippen LogP contribution in [0.25, 0.3) is 0 Å². The Labute approximate surface area is 116 Å². The molecule has 2 amide bonds. The molecule has 0 aromatic carbocycles. The largest absolute Gasteiger partial charge is 0.403 e. The summed E-state index contributed by atoms with van der Waals surface area (Å²) in [7, 11) is 0. The molecule has 6 N–H and O–H groups in total. The van der Waals surface area contributed by atoms with Gasteiger partial charge in [-0.1, -0.05) is 6.08 Å². The fraction of sp³-hybridized carbons (Fsp3) is 0.167. The van der Waals surface area contributed by atoms with E-state index in [9.17, 15) is 9.59 Å². The van der Waals surface area contributed by atoms with Gasteiger partial charge in [0, 0.05) is 11.1 Å². The Morgan fingerprint density at radius 3 is 2.47 bits per heavy atom. The van der Waals surface area contributed by atoms with Crippen molar-refractivity contribution in [2.24, 2.45) is 11.6 Å². The summed E-state index contributed by atoms with van der Waals surface area (Å²) in [4.78, 5) is 22.4. The zero-order valence-corrected chi connectivity index (χ0v) is 11.7. The lowest BCUT2D eigenvalue weighted by molar-refractivity contribution is -0.108.